The highest BCUT2D eigenvalue weighted by Gasteiger charge is 2.36. The first-order valence-electron chi connectivity index (χ1n) is 8.94. The fraction of sp³-hybridized carbons (Fsp3) is 0.706. The van der Waals surface area contributed by atoms with Gasteiger partial charge in [-0.3, -0.25) is 4.79 Å². The third kappa shape index (κ3) is 4.59. The molecule has 2 unspecified atom stereocenters. The van der Waals surface area contributed by atoms with E-state index in [1.54, 1.807) is 6.07 Å². The number of hydrogen-bond acceptors (Lipinski definition) is 5. The van der Waals surface area contributed by atoms with Crippen LogP contribution in [0.1, 0.15) is 30.6 Å². The Bertz CT molecular complexity index is 723. The molecule has 1 amide bonds. The molecule has 0 spiro atoms. The average molecular weight is 422 g/mol. The molecule has 2 aliphatic heterocycles. The molecule has 2 fully saturated rings. The summed E-state index contributed by atoms with van der Waals surface area (Å²) in [6.07, 6.45) is 3.60. The van der Waals surface area contributed by atoms with Gasteiger partial charge >= 0.3 is 0 Å². The number of carbonyl (C=O) groups is 1. The summed E-state index contributed by atoms with van der Waals surface area (Å²) in [5, 5.41) is 3.25. The minimum Gasteiger partial charge on any atom is -0.341 e. The number of amides is 1. The summed E-state index contributed by atoms with van der Waals surface area (Å²) < 4.78 is 27.6. The number of likely N-dealkylation sites (N-methyl/N-ethyl adjacent to an activating group) is 1. The van der Waals surface area contributed by atoms with E-state index in [-0.39, 0.29) is 24.2 Å². The van der Waals surface area contributed by atoms with E-state index >= 15 is 0 Å². The molecule has 6 nitrogen and oxygen atoms in total. The van der Waals surface area contributed by atoms with Crippen molar-refractivity contribution in [2.45, 2.75) is 42.9 Å². The lowest BCUT2D eigenvalue weighted by atomic mass is 9.96. The van der Waals surface area contributed by atoms with Crippen molar-refractivity contribution in [2.24, 2.45) is 5.92 Å². The van der Waals surface area contributed by atoms with Crippen molar-refractivity contribution in [3.63, 3.8) is 0 Å². The van der Waals surface area contributed by atoms with Crippen LogP contribution in [0, 0.1) is 12.8 Å². The Kier molecular flexibility index (Phi) is 7.50. The van der Waals surface area contributed by atoms with E-state index < -0.39 is 10.0 Å². The zero-order chi connectivity index (χ0) is 18.0. The lowest BCUT2D eigenvalue weighted by molar-refractivity contribution is -0.138. The number of carbonyl (C=O) groups excluding carboxylic acids is 1. The molecule has 148 valence electrons. The Morgan fingerprint density at radius 1 is 1.19 bits per heavy atom. The third-order valence-corrected chi connectivity index (χ3v) is 8.52. The summed E-state index contributed by atoms with van der Waals surface area (Å²) in [5.74, 6) is -0.109. The van der Waals surface area contributed by atoms with Crippen molar-refractivity contribution in [1.29, 1.82) is 0 Å². The maximum absolute atomic E-state index is 12.9. The van der Waals surface area contributed by atoms with Crippen LogP contribution in [-0.2, 0) is 14.8 Å². The SMILES string of the molecule is CNC1CCCN(C(=O)C2CCCN(S(=O)(=O)c3ccc(C)s3)C2)C1.Cl. The quantitative estimate of drug-likeness (QED) is 0.808. The van der Waals surface area contributed by atoms with Crippen LogP contribution in [0.5, 0.6) is 0 Å². The predicted molar refractivity (Wildman–Crippen MR) is 106 cm³/mol. The average Bonchev–Trinajstić information content (AvgIpc) is 3.08. The summed E-state index contributed by atoms with van der Waals surface area (Å²) >= 11 is 1.30. The van der Waals surface area contributed by atoms with E-state index in [4.69, 9.17) is 0 Å². The van der Waals surface area contributed by atoms with Gasteiger partial charge in [0.1, 0.15) is 4.21 Å². The Labute approximate surface area is 166 Å². The minimum absolute atomic E-state index is 0. The van der Waals surface area contributed by atoms with E-state index in [1.165, 1.54) is 15.6 Å². The molecule has 1 aromatic rings. The van der Waals surface area contributed by atoms with Crippen LogP contribution in [0.4, 0.5) is 0 Å². The Morgan fingerprint density at radius 2 is 1.92 bits per heavy atom. The lowest BCUT2D eigenvalue weighted by Gasteiger charge is -2.37. The molecule has 0 radical (unpaired) electrons. The number of sulfonamides is 1. The van der Waals surface area contributed by atoms with Crippen LogP contribution >= 0.6 is 23.7 Å². The van der Waals surface area contributed by atoms with Gasteiger partial charge in [0.2, 0.25) is 5.91 Å². The van der Waals surface area contributed by atoms with Gasteiger partial charge in [0.05, 0.1) is 5.92 Å². The number of likely N-dealkylation sites (tertiary alicyclic amines) is 1. The predicted octanol–water partition coefficient (Wildman–Crippen LogP) is 2.09. The molecule has 2 saturated heterocycles. The summed E-state index contributed by atoms with van der Waals surface area (Å²) in [7, 11) is -1.56. The highest BCUT2D eigenvalue weighted by Crippen LogP contribution is 2.29. The van der Waals surface area contributed by atoms with Crippen LogP contribution in [0.2, 0.25) is 0 Å². The number of piperidine rings is 2. The molecule has 0 aliphatic carbocycles. The zero-order valence-electron chi connectivity index (χ0n) is 15.3. The van der Waals surface area contributed by atoms with Crippen LogP contribution in [0.3, 0.4) is 0 Å². The first kappa shape index (κ1) is 21.6. The molecular weight excluding hydrogens is 394 g/mol. The second-order valence-electron chi connectivity index (χ2n) is 6.98. The second kappa shape index (κ2) is 9.01. The van der Waals surface area contributed by atoms with Crippen molar-refractivity contribution in [2.75, 3.05) is 33.2 Å². The maximum Gasteiger partial charge on any atom is 0.252 e. The molecule has 3 heterocycles. The molecule has 2 aliphatic rings. The fourth-order valence-electron chi connectivity index (χ4n) is 3.71. The molecule has 0 saturated carbocycles. The van der Waals surface area contributed by atoms with Gasteiger partial charge < -0.3 is 10.2 Å². The monoisotopic (exact) mass is 421 g/mol. The second-order valence-corrected chi connectivity index (χ2v) is 10.4. The van der Waals surface area contributed by atoms with Gasteiger partial charge in [-0.15, -0.1) is 23.7 Å². The van der Waals surface area contributed by atoms with Crippen molar-refractivity contribution in [3.8, 4) is 0 Å². The fourth-order valence-corrected chi connectivity index (χ4v) is 6.67. The molecule has 0 aromatic carbocycles. The molecule has 26 heavy (non-hydrogen) atoms. The number of aryl methyl sites for hydroxylation is 1. The lowest BCUT2D eigenvalue weighted by Crippen LogP contribution is -2.51. The van der Waals surface area contributed by atoms with Crippen molar-refractivity contribution in [3.05, 3.63) is 17.0 Å². The van der Waals surface area contributed by atoms with E-state index in [2.05, 4.69) is 5.32 Å². The zero-order valence-corrected chi connectivity index (χ0v) is 17.8. The number of hydrogen-bond donors (Lipinski definition) is 1. The van der Waals surface area contributed by atoms with Gasteiger partial charge in [0.25, 0.3) is 10.0 Å². The molecule has 2 atom stereocenters. The normalized spacial score (nSPS) is 24.9. The molecule has 1 aromatic heterocycles. The molecule has 9 heteroatoms. The Morgan fingerprint density at radius 3 is 2.58 bits per heavy atom. The highest BCUT2D eigenvalue weighted by molar-refractivity contribution is 7.91. The van der Waals surface area contributed by atoms with Crippen LogP contribution < -0.4 is 5.32 Å². The van der Waals surface area contributed by atoms with Gasteiger partial charge in [-0.05, 0) is 51.8 Å². The van der Waals surface area contributed by atoms with Crippen molar-refractivity contribution >= 4 is 39.7 Å². The number of rotatable bonds is 4. The van der Waals surface area contributed by atoms with Crippen LogP contribution in [0.15, 0.2) is 16.3 Å². The molecular formula is C17H28ClN3O3S2. The molecule has 1 N–H and O–H groups in total. The summed E-state index contributed by atoms with van der Waals surface area (Å²) in [4.78, 5) is 15.8. The van der Waals surface area contributed by atoms with Gasteiger partial charge in [0.15, 0.2) is 0 Å². The number of nitrogens with one attached hydrogen (secondary N) is 1. The summed E-state index contributed by atoms with van der Waals surface area (Å²) in [6, 6.07) is 3.84. The first-order chi connectivity index (χ1) is 11.9. The topological polar surface area (TPSA) is 69.7 Å². The number of nitrogens with zero attached hydrogens (tertiary/aromatic N) is 2. The van der Waals surface area contributed by atoms with Gasteiger partial charge in [-0.1, -0.05) is 0 Å². The van der Waals surface area contributed by atoms with Gasteiger partial charge in [-0.25, -0.2) is 8.42 Å². The van der Waals surface area contributed by atoms with Crippen LogP contribution in [0.25, 0.3) is 0 Å². The molecule has 3 rings (SSSR count). The minimum atomic E-state index is -3.49. The number of halogens is 1. The van der Waals surface area contributed by atoms with E-state index in [0.717, 1.165) is 43.6 Å². The smallest absolute Gasteiger partial charge is 0.252 e. The first-order valence-corrected chi connectivity index (χ1v) is 11.2. The van der Waals surface area contributed by atoms with E-state index in [1.807, 2.05) is 24.9 Å². The maximum atomic E-state index is 12.9. The molecule has 0 bridgehead atoms. The Balaban J connectivity index is 0.00000243. The van der Waals surface area contributed by atoms with E-state index in [9.17, 15) is 13.2 Å². The van der Waals surface area contributed by atoms with Crippen LogP contribution in [-0.4, -0.2) is 62.8 Å². The largest absolute Gasteiger partial charge is 0.341 e. The summed E-state index contributed by atoms with van der Waals surface area (Å²) in [6.45, 7) is 4.22. The van der Waals surface area contributed by atoms with Gasteiger partial charge in [0, 0.05) is 37.1 Å². The number of thiophene rings is 1. The highest BCUT2D eigenvalue weighted by atomic mass is 35.5. The summed E-state index contributed by atoms with van der Waals surface area (Å²) in [5.41, 5.74) is 0. The van der Waals surface area contributed by atoms with Crippen molar-refractivity contribution in [1.82, 2.24) is 14.5 Å². The van der Waals surface area contributed by atoms with E-state index in [0.29, 0.717) is 23.3 Å². The van der Waals surface area contributed by atoms with Gasteiger partial charge in [-0.2, -0.15) is 4.31 Å². The third-order valence-electron chi connectivity index (χ3n) is 5.18. The standard InChI is InChI=1S/C17H27N3O3S2.ClH/c1-13-7-8-16(24-13)25(22,23)20-10-3-5-14(11-20)17(21)19-9-4-6-15(12-19)18-2;/h7-8,14-15,18H,3-6,9-12H2,1-2H3;1H. The van der Waals surface area contributed by atoms with Crippen molar-refractivity contribution < 1.29 is 13.2 Å². The Hall–Kier alpha value is -0.670.